The molecule has 1 saturated heterocycles. The average Bonchev–Trinajstić information content (AvgIpc) is 3.11. The number of hydrogen-bond acceptors (Lipinski definition) is 5. The van der Waals surface area contributed by atoms with Gasteiger partial charge in [0.1, 0.15) is 0 Å². The maximum Gasteiger partial charge on any atom is 0.200 e. The lowest BCUT2D eigenvalue weighted by atomic mass is 10.0. The second-order valence-corrected chi connectivity index (χ2v) is 6.67. The Bertz CT molecular complexity index is 566. The number of nitrogens with zero attached hydrogens (tertiary/aromatic N) is 4. The molecule has 0 spiro atoms. The monoisotopic (exact) mass is 306 g/mol. The molecule has 3 rings (SSSR count). The van der Waals surface area contributed by atoms with E-state index < -0.39 is 0 Å². The number of aromatic nitrogens is 3. The van der Waals surface area contributed by atoms with Crippen LogP contribution in [0.3, 0.4) is 0 Å². The molecular formula is C15H22N4OS. The normalized spacial score (nSPS) is 20.0. The third kappa shape index (κ3) is 3.32. The Labute approximate surface area is 129 Å². The van der Waals surface area contributed by atoms with Crippen molar-refractivity contribution in [3.05, 3.63) is 18.4 Å². The fourth-order valence-electron chi connectivity index (χ4n) is 2.86. The van der Waals surface area contributed by atoms with E-state index in [0.29, 0.717) is 0 Å². The largest absolute Gasteiger partial charge is 0.461 e. The van der Waals surface area contributed by atoms with Gasteiger partial charge in [-0.2, -0.15) is 0 Å². The van der Waals surface area contributed by atoms with Crippen LogP contribution in [0.25, 0.3) is 11.6 Å². The topological polar surface area (TPSA) is 47.1 Å². The number of likely N-dealkylation sites (tertiary alicyclic amines) is 1. The highest BCUT2D eigenvalue weighted by molar-refractivity contribution is 7.99. The summed E-state index contributed by atoms with van der Waals surface area (Å²) in [7, 11) is 4.23. The Hall–Kier alpha value is -1.27. The molecule has 0 amide bonds. The zero-order valence-corrected chi connectivity index (χ0v) is 13.5. The summed E-state index contributed by atoms with van der Waals surface area (Å²) in [5.74, 6) is 2.64. The van der Waals surface area contributed by atoms with E-state index in [1.165, 1.54) is 32.2 Å². The van der Waals surface area contributed by atoms with Gasteiger partial charge in [-0.05, 0) is 45.0 Å². The van der Waals surface area contributed by atoms with Crippen molar-refractivity contribution in [1.29, 1.82) is 0 Å². The molecule has 3 heterocycles. The first-order valence-corrected chi connectivity index (χ1v) is 8.50. The molecule has 1 unspecified atom stereocenters. The van der Waals surface area contributed by atoms with Gasteiger partial charge in [-0.1, -0.05) is 18.2 Å². The second kappa shape index (κ2) is 6.66. The predicted molar refractivity (Wildman–Crippen MR) is 84.3 cm³/mol. The summed E-state index contributed by atoms with van der Waals surface area (Å²) in [5, 5.41) is 9.46. The van der Waals surface area contributed by atoms with E-state index >= 15 is 0 Å². The van der Waals surface area contributed by atoms with Crippen LogP contribution in [0.4, 0.5) is 0 Å². The maximum atomic E-state index is 5.39. The Morgan fingerprint density at radius 1 is 1.33 bits per heavy atom. The number of furan rings is 1. The molecular weight excluding hydrogens is 284 g/mol. The molecule has 0 aliphatic carbocycles. The Balaban J connectivity index is 1.56. The molecule has 1 aliphatic rings. The zero-order valence-electron chi connectivity index (χ0n) is 12.7. The van der Waals surface area contributed by atoms with Crippen LogP contribution in [0.1, 0.15) is 25.7 Å². The first-order valence-electron chi connectivity index (χ1n) is 7.52. The number of hydrogen-bond donors (Lipinski definition) is 0. The first-order chi connectivity index (χ1) is 10.3. The highest BCUT2D eigenvalue weighted by atomic mass is 32.2. The van der Waals surface area contributed by atoms with Gasteiger partial charge in [-0.15, -0.1) is 10.2 Å². The van der Waals surface area contributed by atoms with Crippen LogP contribution in [0.5, 0.6) is 0 Å². The van der Waals surface area contributed by atoms with Crippen molar-refractivity contribution in [3.8, 4) is 11.6 Å². The second-order valence-electron chi connectivity index (χ2n) is 5.61. The van der Waals surface area contributed by atoms with Crippen LogP contribution in [0.2, 0.25) is 0 Å². The summed E-state index contributed by atoms with van der Waals surface area (Å²) < 4.78 is 7.40. The summed E-state index contributed by atoms with van der Waals surface area (Å²) in [5.41, 5.74) is 0. The van der Waals surface area contributed by atoms with Gasteiger partial charge in [0.2, 0.25) is 0 Å². The lowest BCUT2D eigenvalue weighted by Crippen LogP contribution is -2.36. The number of piperidine rings is 1. The van der Waals surface area contributed by atoms with Gasteiger partial charge in [0, 0.05) is 18.8 Å². The van der Waals surface area contributed by atoms with E-state index in [1.54, 1.807) is 18.0 Å². The highest BCUT2D eigenvalue weighted by Crippen LogP contribution is 2.25. The summed E-state index contributed by atoms with van der Waals surface area (Å²) in [4.78, 5) is 2.50. The van der Waals surface area contributed by atoms with Crippen LogP contribution in [0.15, 0.2) is 28.0 Å². The van der Waals surface area contributed by atoms with Crippen molar-refractivity contribution in [1.82, 2.24) is 19.7 Å². The average molecular weight is 306 g/mol. The quantitative estimate of drug-likeness (QED) is 0.795. The zero-order chi connectivity index (χ0) is 14.7. The van der Waals surface area contributed by atoms with Crippen molar-refractivity contribution in [3.63, 3.8) is 0 Å². The highest BCUT2D eigenvalue weighted by Gasteiger charge is 2.19. The molecule has 0 saturated carbocycles. The molecule has 2 aromatic heterocycles. The fraction of sp³-hybridized carbons (Fsp3) is 0.600. The van der Waals surface area contributed by atoms with Gasteiger partial charge >= 0.3 is 0 Å². The van der Waals surface area contributed by atoms with Crippen LogP contribution in [0, 0.1) is 0 Å². The van der Waals surface area contributed by atoms with E-state index in [0.717, 1.165) is 28.5 Å². The number of thioether (sulfide) groups is 1. The minimum atomic E-state index is 0.726. The van der Waals surface area contributed by atoms with Gasteiger partial charge in [-0.25, -0.2) is 0 Å². The first kappa shape index (κ1) is 14.7. The van der Waals surface area contributed by atoms with E-state index in [4.69, 9.17) is 4.42 Å². The van der Waals surface area contributed by atoms with Gasteiger partial charge < -0.3 is 13.9 Å². The molecule has 2 aromatic rings. The van der Waals surface area contributed by atoms with Crippen LogP contribution in [-0.4, -0.2) is 45.1 Å². The van der Waals surface area contributed by atoms with Gasteiger partial charge in [0.25, 0.3) is 0 Å². The Kier molecular flexibility index (Phi) is 4.65. The van der Waals surface area contributed by atoms with Gasteiger partial charge in [0.15, 0.2) is 16.7 Å². The van der Waals surface area contributed by atoms with E-state index in [-0.39, 0.29) is 0 Å². The summed E-state index contributed by atoms with van der Waals surface area (Å²) in [6.07, 6.45) is 6.91. The minimum Gasteiger partial charge on any atom is -0.461 e. The SMILES string of the molecule is CN1CCCCC1CCSc1nnc(-c2ccco2)n1C. The third-order valence-corrected chi connectivity index (χ3v) is 5.23. The molecule has 1 fully saturated rings. The predicted octanol–water partition coefficient (Wildman–Crippen LogP) is 3.04. The van der Waals surface area contributed by atoms with Gasteiger partial charge in [0.05, 0.1) is 6.26 Å². The molecule has 1 atom stereocenters. The molecule has 0 N–H and O–H groups in total. The fourth-order valence-corrected chi connectivity index (χ4v) is 3.81. The number of rotatable bonds is 5. The van der Waals surface area contributed by atoms with Crippen LogP contribution < -0.4 is 0 Å². The molecule has 5 nitrogen and oxygen atoms in total. The molecule has 0 aromatic carbocycles. The van der Waals surface area contributed by atoms with Crippen LogP contribution in [-0.2, 0) is 7.05 Å². The van der Waals surface area contributed by atoms with E-state index in [1.807, 2.05) is 23.7 Å². The molecule has 0 radical (unpaired) electrons. The summed E-state index contributed by atoms with van der Waals surface area (Å²) in [6.45, 7) is 1.24. The van der Waals surface area contributed by atoms with E-state index in [9.17, 15) is 0 Å². The lowest BCUT2D eigenvalue weighted by Gasteiger charge is -2.32. The van der Waals surface area contributed by atoms with E-state index in [2.05, 4.69) is 22.1 Å². The summed E-state index contributed by atoms with van der Waals surface area (Å²) >= 11 is 1.78. The summed E-state index contributed by atoms with van der Waals surface area (Å²) in [6, 6.07) is 4.51. The lowest BCUT2D eigenvalue weighted by molar-refractivity contribution is 0.182. The Morgan fingerprint density at radius 3 is 3.00 bits per heavy atom. The van der Waals surface area contributed by atoms with Crippen LogP contribution >= 0.6 is 11.8 Å². The Morgan fingerprint density at radius 2 is 2.24 bits per heavy atom. The van der Waals surface area contributed by atoms with Crippen molar-refractivity contribution in [2.24, 2.45) is 7.05 Å². The third-order valence-electron chi connectivity index (χ3n) is 4.18. The molecule has 0 bridgehead atoms. The van der Waals surface area contributed by atoms with Crippen molar-refractivity contribution < 1.29 is 4.42 Å². The molecule has 6 heteroatoms. The smallest absolute Gasteiger partial charge is 0.200 e. The minimum absolute atomic E-state index is 0.726. The maximum absolute atomic E-state index is 5.39. The molecule has 114 valence electrons. The molecule has 21 heavy (non-hydrogen) atoms. The molecule has 1 aliphatic heterocycles. The standard InChI is InChI=1S/C15H22N4OS/c1-18-9-4-3-6-12(18)8-11-21-15-17-16-14(19(15)2)13-7-5-10-20-13/h5,7,10,12H,3-4,6,8-9,11H2,1-2H3. The van der Waals surface area contributed by atoms with Crippen molar-refractivity contribution in [2.45, 2.75) is 36.9 Å². The van der Waals surface area contributed by atoms with Gasteiger partial charge in [-0.3, -0.25) is 0 Å². The van der Waals surface area contributed by atoms with Crippen molar-refractivity contribution >= 4 is 11.8 Å². The van der Waals surface area contributed by atoms with Crippen molar-refractivity contribution in [2.75, 3.05) is 19.3 Å².